The number of benzene rings is 1. The van der Waals surface area contributed by atoms with E-state index in [1.165, 1.54) is 4.88 Å². The number of rotatable bonds is 2. The summed E-state index contributed by atoms with van der Waals surface area (Å²) < 4.78 is 1.09. The molecule has 0 atom stereocenters. The maximum atomic E-state index is 12.3. The summed E-state index contributed by atoms with van der Waals surface area (Å²) in [6, 6.07) is 11.7. The Morgan fingerprint density at radius 3 is 2.44 bits per heavy atom. The lowest BCUT2D eigenvalue weighted by atomic mass is 9.95. The Labute approximate surface area is 125 Å². The van der Waals surface area contributed by atoms with E-state index in [4.69, 9.17) is 0 Å². The summed E-state index contributed by atoms with van der Waals surface area (Å²) in [5.41, 5.74) is 0.873. The van der Waals surface area contributed by atoms with Crippen molar-refractivity contribution in [3.05, 3.63) is 55.3 Å². The molecule has 0 saturated carbocycles. The predicted molar refractivity (Wildman–Crippen MR) is 85.6 cm³/mol. The van der Waals surface area contributed by atoms with Gasteiger partial charge in [0, 0.05) is 14.0 Å². The van der Waals surface area contributed by atoms with Crippen molar-refractivity contribution in [3.8, 4) is 0 Å². The standard InChI is InChI=1S/C15H15IOS/c1-15(2,3)13-8-7-12(18-13)14(17)10-5-4-6-11(16)9-10/h4-9H,1-3H3. The number of thiophene rings is 1. The average Bonchev–Trinajstić information content (AvgIpc) is 2.77. The summed E-state index contributed by atoms with van der Waals surface area (Å²) in [6.45, 7) is 6.50. The molecule has 1 aromatic heterocycles. The van der Waals surface area contributed by atoms with Gasteiger partial charge in [0.2, 0.25) is 5.78 Å². The van der Waals surface area contributed by atoms with Gasteiger partial charge in [0.15, 0.2) is 0 Å². The average molecular weight is 370 g/mol. The fraction of sp³-hybridized carbons (Fsp3) is 0.267. The van der Waals surface area contributed by atoms with Crippen LogP contribution in [0.5, 0.6) is 0 Å². The van der Waals surface area contributed by atoms with Crippen molar-refractivity contribution < 1.29 is 4.79 Å². The highest BCUT2D eigenvalue weighted by atomic mass is 127. The molecule has 0 spiro atoms. The Kier molecular flexibility index (Phi) is 3.92. The molecule has 0 aliphatic heterocycles. The minimum absolute atomic E-state index is 0.105. The van der Waals surface area contributed by atoms with Gasteiger partial charge < -0.3 is 0 Å². The molecule has 0 saturated heterocycles. The van der Waals surface area contributed by atoms with E-state index in [0.717, 1.165) is 14.0 Å². The molecule has 2 aromatic rings. The Hall–Kier alpha value is -0.680. The first-order valence-corrected chi connectivity index (χ1v) is 7.68. The molecule has 18 heavy (non-hydrogen) atoms. The van der Waals surface area contributed by atoms with Gasteiger partial charge in [0.25, 0.3) is 0 Å². The molecule has 0 radical (unpaired) electrons. The molecule has 0 amide bonds. The molecular formula is C15H15IOS. The lowest BCUT2D eigenvalue weighted by Gasteiger charge is -2.15. The molecule has 2 rings (SSSR count). The van der Waals surface area contributed by atoms with Crippen molar-refractivity contribution in [1.29, 1.82) is 0 Å². The SMILES string of the molecule is CC(C)(C)c1ccc(C(=O)c2cccc(I)c2)s1. The molecule has 0 aliphatic rings. The molecule has 1 heterocycles. The van der Waals surface area contributed by atoms with Crippen LogP contribution in [0, 0.1) is 3.57 Å². The Balaban J connectivity index is 2.33. The Morgan fingerprint density at radius 2 is 1.89 bits per heavy atom. The van der Waals surface area contributed by atoms with E-state index in [1.54, 1.807) is 11.3 Å². The third-order valence-corrected chi connectivity index (χ3v) is 4.84. The first-order chi connectivity index (χ1) is 8.38. The maximum Gasteiger partial charge on any atom is 0.202 e. The summed E-state index contributed by atoms with van der Waals surface area (Å²) in [7, 11) is 0. The minimum Gasteiger partial charge on any atom is -0.288 e. The smallest absolute Gasteiger partial charge is 0.202 e. The van der Waals surface area contributed by atoms with Crippen LogP contribution in [-0.2, 0) is 5.41 Å². The monoisotopic (exact) mass is 370 g/mol. The summed E-state index contributed by atoms with van der Waals surface area (Å²) in [5, 5.41) is 0. The number of hydrogen-bond acceptors (Lipinski definition) is 2. The van der Waals surface area contributed by atoms with E-state index in [0.29, 0.717) is 0 Å². The predicted octanol–water partition coefficient (Wildman–Crippen LogP) is 4.88. The summed E-state index contributed by atoms with van der Waals surface area (Å²) in [5.74, 6) is 0.119. The molecule has 94 valence electrons. The molecule has 0 N–H and O–H groups in total. The van der Waals surface area contributed by atoms with Gasteiger partial charge in [0.1, 0.15) is 0 Å². The third-order valence-electron chi connectivity index (χ3n) is 2.66. The van der Waals surface area contributed by atoms with E-state index >= 15 is 0 Å². The maximum absolute atomic E-state index is 12.3. The largest absolute Gasteiger partial charge is 0.288 e. The van der Waals surface area contributed by atoms with Crippen molar-refractivity contribution in [2.75, 3.05) is 0 Å². The third kappa shape index (κ3) is 3.01. The lowest BCUT2D eigenvalue weighted by molar-refractivity contribution is 0.104. The van der Waals surface area contributed by atoms with Gasteiger partial charge in [-0.2, -0.15) is 0 Å². The van der Waals surface area contributed by atoms with Crippen LogP contribution in [-0.4, -0.2) is 5.78 Å². The van der Waals surface area contributed by atoms with Gasteiger partial charge >= 0.3 is 0 Å². The van der Waals surface area contributed by atoms with Crippen molar-refractivity contribution in [3.63, 3.8) is 0 Å². The number of hydrogen-bond donors (Lipinski definition) is 0. The number of ketones is 1. The van der Waals surface area contributed by atoms with Gasteiger partial charge in [-0.25, -0.2) is 0 Å². The molecule has 0 bridgehead atoms. The summed E-state index contributed by atoms with van der Waals surface area (Å²) in [6.07, 6.45) is 0. The Bertz CT molecular complexity index is 578. The van der Waals surface area contributed by atoms with E-state index < -0.39 is 0 Å². The van der Waals surface area contributed by atoms with E-state index in [2.05, 4.69) is 49.4 Å². The first kappa shape index (κ1) is 13.7. The van der Waals surface area contributed by atoms with Gasteiger partial charge in [-0.15, -0.1) is 11.3 Å². The molecular weight excluding hydrogens is 355 g/mol. The van der Waals surface area contributed by atoms with Crippen LogP contribution in [0.4, 0.5) is 0 Å². The molecule has 0 aliphatic carbocycles. The molecule has 1 nitrogen and oxygen atoms in total. The first-order valence-electron chi connectivity index (χ1n) is 5.78. The van der Waals surface area contributed by atoms with E-state index in [-0.39, 0.29) is 11.2 Å². The highest BCUT2D eigenvalue weighted by molar-refractivity contribution is 14.1. The zero-order valence-electron chi connectivity index (χ0n) is 10.7. The zero-order valence-corrected chi connectivity index (χ0v) is 13.6. The molecule has 1 aromatic carbocycles. The van der Waals surface area contributed by atoms with Crippen LogP contribution in [0.2, 0.25) is 0 Å². The van der Waals surface area contributed by atoms with Crippen LogP contribution >= 0.6 is 33.9 Å². The van der Waals surface area contributed by atoms with Gasteiger partial charge in [-0.05, 0) is 52.3 Å². The highest BCUT2D eigenvalue weighted by Crippen LogP contribution is 2.30. The second kappa shape index (κ2) is 5.13. The van der Waals surface area contributed by atoms with Crippen LogP contribution < -0.4 is 0 Å². The topological polar surface area (TPSA) is 17.1 Å². The zero-order chi connectivity index (χ0) is 13.3. The van der Waals surface area contributed by atoms with E-state index in [9.17, 15) is 4.79 Å². The highest BCUT2D eigenvalue weighted by Gasteiger charge is 2.19. The van der Waals surface area contributed by atoms with E-state index in [1.807, 2.05) is 30.3 Å². The minimum atomic E-state index is 0.105. The van der Waals surface area contributed by atoms with Crippen molar-refractivity contribution >= 4 is 39.7 Å². The molecule has 0 unspecified atom stereocenters. The summed E-state index contributed by atoms with van der Waals surface area (Å²) in [4.78, 5) is 14.4. The van der Waals surface area contributed by atoms with Crippen LogP contribution in [0.15, 0.2) is 36.4 Å². The number of carbonyl (C=O) groups excluding carboxylic acids is 1. The lowest BCUT2D eigenvalue weighted by Crippen LogP contribution is -2.08. The van der Waals surface area contributed by atoms with Gasteiger partial charge in [-0.3, -0.25) is 4.79 Å². The normalized spacial score (nSPS) is 11.6. The quantitative estimate of drug-likeness (QED) is 0.544. The van der Waals surface area contributed by atoms with Crippen molar-refractivity contribution in [2.24, 2.45) is 0 Å². The second-order valence-corrected chi connectivity index (χ2v) is 7.58. The van der Waals surface area contributed by atoms with Gasteiger partial charge in [-0.1, -0.05) is 32.9 Å². The van der Waals surface area contributed by atoms with Crippen LogP contribution in [0.25, 0.3) is 0 Å². The molecule has 0 fully saturated rings. The van der Waals surface area contributed by atoms with Crippen LogP contribution in [0.1, 0.15) is 40.9 Å². The van der Waals surface area contributed by atoms with Crippen molar-refractivity contribution in [2.45, 2.75) is 26.2 Å². The Morgan fingerprint density at radius 1 is 1.17 bits per heavy atom. The second-order valence-electron chi connectivity index (χ2n) is 5.25. The fourth-order valence-corrected chi connectivity index (χ4v) is 3.20. The van der Waals surface area contributed by atoms with Gasteiger partial charge in [0.05, 0.1) is 4.88 Å². The van der Waals surface area contributed by atoms with Crippen LogP contribution in [0.3, 0.4) is 0 Å². The number of halogens is 1. The summed E-state index contributed by atoms with van der Waals surface area (Å²) >= 11 is 3.82. The number of carbonyl (C=O) groups is 1. The van der Waals surface area contributed by atoms with Crippen molar-refractivity contribution in [1.82, 2.24) is 0 Å². The fourth-order valence-electron chi connectivity index (χ4n) is 1.63. The molecule has 3 heteroatoms.